The fraction of sp³-hybridized carbons (Fsp3) is 0.394. The van der Waals surface area contributed by atoms with Crippen LogP contribution in [0.25, 0.3) is 11.0 Å². The quantitative estimate of drug-likeness (QED) is 0.0885. The lowest BCUT2D eigenvalue weighted by Gasteiger charge is -2.25. The van der Waals surface area contributed by atoms with Gasteiger partial charge in [-0.25, -0.2) is 4.79 Å². The molecule has 3 unspecified atom stereocenters. The largest absolute Gasteiger partial charge is 0.469 e. The Balaban J connectivity index is 1.76. The number of ether oxygens (including phenoxy) is 1. The van der Waals surface area contributed by atoms with Crippen LogP contribution in [0.15, 0.2) is 63.8 Å². The smallest absolute Gasteiger partial charge is 0.336 e. The second-order valence-electron chi connectivity index (χ2n) is 10.9. The number of methoxy groups -OCH3 is 1. The number of benzene rings is 2. The maximum atomic E-state index is 13.7. The number of amides is 4. The normalized spacial score (nSPS) is 12.8. The van der Waals surface area contributed by atoms with Crippen LogP contribution < -0.4 is 32.6 Å². The SMILES string of the molecule is COC(=O)CCC(=O)NC(C)C(=O)NC(Cc1ccccc1)C(=O)NC(CCCCN)C(=O)Nc1ccc2c(C)cc(=O)oc2c1. The first-order valence-electron chi connectivity index (χ1n) is 15.1. The number of hydrogen-bond acceptors (Lipinski definition) is 9. The van der Waals surface area contributed by atoms with Gasteiger partial charge in [0.1, 0.15) is 23.7 Å². The molecule has 46 heavy (non-hydrogen) atoms. The molecule has 0 aliphatic heterocycles. The Bertz CT molecular complexity index is 1590. The highest BCUT2D eigenvalue weighted by molar-refractivity contribution is 6.00. The van der Waals surface area contributed by atoms with E-state index in [0.717, 1.165) is 16.5 Å². The predicted octanol–water partition coefficient (Wildman–Crippen LogP) is 1.84. The van der Waals surface area contributed by atoms with E-state index in [1.54, 1.807) is 49.4 Å². The minimum Gasteiger partial charge on any atom is -0.469 e. The van der Waals surface area contributed by atoms with Gasteiger partial charge in [-0.3, -0.25) is 24.0 Å². The number of aryl methyl sites for hydroxylation is 1. The highest BCUT2D eigenvalue weighted by Gasteiger charge is 2.29. The van der Waals surface area contributed by atoms with E-state index >= 15 is 0 Å². The summed E-state index contributed by atoms with van der Waals surface area (Å²) >= 11 is 0. The summed E-state index contributed by atoms with van der Waals surface area (Å²) in [6.07, 6.45) is 1.25. The summed E-state index contributed by atoms with van der Waals surface area (Å²) < 4.78 is 9.82. The number of hydrogen-bond donors (Lipinski definition) is 5. The van der Waals surface area contributed by atoms with E-state index in [1.165, 1.54) is 20.1 Å². The van der Waals surface area contributed by atoms with Crippen molar-refractivity contribution in [1.82, 2.24) is 16.0 Å². The first-order chi connectivity index (χ1) is 22.0. The van der Waals surface area contributed by atoms with E-state index in [1.807, 2.05) is 6.07 Å². The Morgan fingerprint density at radius 2 is 1.59 bits per heavy atom. The third-order valence-corrected chi connectivity index (χ3v) is 7.27. The summed E-state index contributed by atoms with van der Waals surface area (Å²) in [6, 6.07) is 12.3. The van der Waals surface area contributed by atoms with Crippen molar-refractivity contribution in [2.75, 3.05) is 19.0 Å². The molecule has 0 aliphatic rings. The molecule has 4 amide bonds. The lowest BCUT2D eigenvalue weighted by Crippen LogP contribution is -2.56. The number of nitrogens with one attached hydrogen (secondary N) is 4. The standard InChI is InChI=1S/C33H41N5O8/c1-20-17-30(41)46-27-19-23(12-13-24(20)27)36-32(43)25(11-7-8-16-34)37-33(44)26(18-22-9-5-4-6-10-22)38-31(42)21(2)35-28(39)14-15-29(40)45-3/h4-6,9-10,12-13,17,19,21,25-26H,7-8,11,14-16,18,34H2,1-3H3,(H,35,39)(H,36,43)(H,37,44)(H,38,42). The Morgan fingerprint density at radius 3 is 2.28 bits per heavy atom. The van der Waals surface area contributed by atoms with Crippen molar-refractivity contribution in [3.05, 3.63) is 76.1 Å². The fourth-order valence-electron chi connectivity index (χ4n) is 4.72. The fourth-order valence-corrected chi connectivity index (χ4v) is 4.72. The zero-order valence-corrected chi connectivity index (χ0v) is 26.2. The van der Waals surface area contributed by atoms with E-state index in [-0.39, 0.29) is 25.7 Å². The van der Waals surface area contributed by atoms with E-state index in [9.17, 15) is 28.8 Å². The van der Waals surface area contributed by atoms with Crippen molar-refractivity contribution in [3.8, 4) is 0 Å². The first-order valence-corrected chi connectivity index (χ1v) is 15.1. The summed E-state index contributed by atoms with van der Waals surface area (Å²) in [5, 5.41) is 11.5. The van der Waals surface area contributed by atoms with E-state index in [4.69, 9.17) is 10.2 Å². The average Bonchev–Trinajstić information content (AvgIpc) is 3.02. The topological polar surface area (TPSA) is 199 Å². The number of esters is 1. The summed E-state index contributed by atoms with van der Waals surface area (Å²) in [4.78, 5) is 75.7. The van der Waals surface area contributed by atoms with Gasteiger partial charge < -0.3 is 36.2 Å². The molecule has 0 radical (unpaired) electrons. The molecule has 1 heterocycles. The summed E-state index contributed by atoms with van der Waals surface area (Å²) in [7, 11) is 1.21. The Labute approximate surface area is 266 Å². The van der Waals surface area contributed by atoms with Gasteiger partial charge in [0.15, 0.2) is 0 Å². The number of carbonyl (C=O) groups is 5. The highest BCUT2D eigenvalue weighted by atomic mass is 16.5. The van der Waals surface area contributed by atoms with Gasteiger partial charge in [0.25, 0.3) is 0 Å². The van der Waals surface area contributed by atoms with Gasteiger partial charge in [-0.2, -0.15) is 0 Å². The number of rotatable bonds is 16. The van der Waals surface area contributed by atoms with Gasteiger partial charge in [-0.1, -0.05) is 30.3 Å². The maximum Gasteiger partial charge on any atom is 0.336 e. The highest BCUT2D eigenvalue weighted by Crippen LogP contribution is 2.21. The van der Waals surface area contributed by atoms with Gasteiger partial charge in [-0.15, -0.1) is 0 Å². The second kappa shape index (κ2) is 17.4. The molecule has 3 atom stereocenters. The Kier molecular flexibility index (Phi) is 13.4. The molecule has 0 bridgehead atoms. The first kappa shape index (κ1) is 35.4. The molecule has 0 aliphatic carbocycles. The molecular weight excluding hydrogens is 594 g/mol. The number of carbonyl (C=O) groups excluding carboxylic acids is 5. The third kappa shape index (κ3) is 10.8. The summed E-state index contributed by atoms with van der Waals surface area (Å²) in [6.45, 7) is 3.64. The van der Waals surface area contributed by atoms with Crippen LogP contribution in [0, 0.1) is 6.92 Å². The van der Waals surface area contributed by atoms with Gasteiger partial charge in [0, 0.05) is 36.0 Å². The molecule has 13 nitrogen and oxygen atoms in total. The van der Waals surface area contributed by atoms with Crippen molar-refractivity contribution in [2.45, 2.75) is 70.5 Å². The Morgan fingerprint density at radius 1 is 0.870 bits per heavy atom. The van der Waals surface area contributed by atoms with Crippen LogP contribution in [-0.2, 0) is 35.1 Å². The second-order valence-corrected chi connectivity index (χ2v) is 10.9. The number of nitrogens with two attached hydrogens (primary N) is 1. The molecule has 2 aromatic carbocycles. The van der Waals surface area contributed by atoms with Crippen molar-refractivity contribution >= 4 is 46.3 Å². The van der Waals surface area contributed by atoms with Crippen LogP contribution in [0.2, 0.25) is 0 Å². The zero-order valence-electron chi connectivity index (χ0n) is 26.2. The molecule has 3 aromatic rings. The molecule has 0 saturated heterocycles. The summed E-state index contributed by atoms with van der Waals surface area (Å²) in [5.74, 6) is -2.82. The van der Waals surface area contributed by atoms with Crippen LogP contribution in [0.5, 0.6) is 0 Å². The van der Waals surface area contributed by atoms with Crippen LogP contribution in [0.4, 0.5) is 5.69 Å². The van der Waals surface area contributed by atoms with Crippen molar-refractivity contribution in [2.24, 2.45) is 5.73 Å². The molecule has 0 spiro atoms. The molecule has 1 aromatic heterocycles. The van der Waals surface area contributed by atoms with Gasteiger partial charge in [0.2, 0.25) is 23.6 Å². The predicted molar refractivity (Wildman–Crippen MR) is 172 cm³/mol. The van der Waals surface area contributed by atoms with E-state index < -0.39 is 53.3 Å². The number of fused-ring (bicyclic) bond motifs is 1. The van der Waals surface area contributed by atoms with Crippen LogP contribution in [-0.4, -0.2) is 61.4 Å². The van der Waals surface area contributed by atoms with E-state index in [0.29, 0.717) is 30.7 Å². The van der Waals surface area contributed by atoms with Gasteiger partial charge in [-0.05, 0) is 62.9 Å². The molecule has 6 N–H and O–H groups in total. The molecular formula is C33H41N5O8. The van der Waals surface area contributed by atoms with Crippen LogP contribution >= 0.6 is 0 Å². The minimum atomic E-state index is -1.09. The number of anilines is 1. The lowest BCUT2D eigenvalue weighted by molar-refractivity contribution is -0.142. The third-order valence-electron chi connectivity index (χ3n) is 7.27. The zero-order chi connectivity index (χ0) is 33.6. The van der Waals surface area contributed by atoms with Crippen LogP contribution in [0.1, 0.15) is 50.2 Å². The molecule has 13 heteroatoms. The monoisotopic (exact) mass is 635 g/mol. The molecule has 0 saturated carbocycles. The van der Waals surface area contributed by atoms with Crippen molar-refractivity contribution in [3.63, 3.8) is 0 Å². The van der Waals surface area contributed by atoms with Gasteiger partial charge >= 0.3 is 11.6 Å². The molecule has 3 rings (SSSR count). The lowest BCUT2D eigenvalue weighted by atomic mass is 10.0. The van der Waals surface area contributed by atoms with E-state index in [2.05, 4.69) is 26.0 Å². The number of unbranched alkanes of at least 4 members (excludes halogenated alkanes) is 1. The average molecular weight is 636 g/mol. The summed E-state index contributed by atoms with van der Waals surface area (Å²) in [5.41, 5.74) is 7.32. The minimum absolute atomic E-state index is 0.113. The molecule has 246 valence electrons. The Hall–Kier alpha value is -5.04. The van der Waals surface area contributed by atoms with Crippen molar-refractivity contribution < 1.29 is 33.1 Å². The van der Waals surface area contributed by atoms with Crippen LogP contribution in [0.3, 0.4) is 0 Å². The maximum absolute atomic E-state index is 13.7. The molecule has 0 fully saturated rings. The van der Waals surface area contributed by atoms with Crippen molar-refractivity contribution in [1.29, 1.82) is 0 Å². The van der Waals surface area contributed by atoms with Gasteiger partial charge in [0.05, 0.1) is 13.5 Å².